The van der Waals surface area contributed by atoms with Crippen LogP contribution in [0.25, 0.3) is 5.65 Å². The largest absolute Gasteiger partial charge is 0.455 e. The van der Waals surface area contributed by atoms with Crippen molar-refractivity contribution in [3.63, 3.8) is 0 Å². The third kappa shape index (κ3) is 5.70. The summed E-state index contributed by atoms with van der Waals surface area (Å²) < 4.78 is 41.6. The second-order valence-electron chi connectivity index (χ2n) is 4.26. The van der Waals surface area contributed by atoms with Crippen molar-refractivity contribution >= 4 is 36.4 Å². The summed E-state index contributed by atoms with van der Waals surface area (Å²) in [7, 11) is 0. The van der Waals surface area contributed by atoms with Crippen molar-refractivity contribution < 1.29 is 22.7 Å². The molecular formula is C12H14Cl2F3N3O2. The lowest BCUT2D eigenvalue weighted by Crippen LogP contribution is -2.36. The average molecular weight is 360 g/mol. The fraction of sp³-hybridized carbons (Fsp3) is 0.333. The summed E-state index contributed by atoms with van der Waals surface area (Å²) in [6, 6.07) is 2.29. The van der Waals surface area contributed by atoms with Crippen LogP contribution in [0.5, 0.6) is 0 Å². The van der Waals surface area contributed by atoms with Gasteiger partial charge in [0.05, 0.1) is 0 Å². The zero-order valence-corrected chi connectivity index (χ0v) is 12.7. The molecule has 0 amide bonds. The maximum atomic E-state index is 11.9. The summed E-state index contributed by atoms with van der Waals surface area (Å²) in [4.78, 5) is 15.4. The minimum atomic E-state index is -4.55. The number of rotatable bonds is 4. The zero-order valence-electron chi connectivity index (χ0n) is 11.1. The summed E-state index contributed by atoms with van der Waals surface area (Å²) in [6.07, 6.45) is 0.568. The Morgan fingerprint density at radius 3 is 2.68 bits per heavy atom. The van der Waals surface area contributed by atoms with Crippen LogP contribution in [-0.2, 0) is 16.0 Å². The molecule has 10 heteroatoms. The van der Waals surface area contributed by atoms with Gasteiger partial charge in [0, 0.05) is 18.6 Å². The smallest absolute Gasteiger partial charge is 0.422 e. The number of carbonyl (C=O) groups excluding carboxylic acids is 1. The normalized spacial score (nSPS) is 12.2. The fourth-order valence-electron chi connectivity index (χ4n) is 1.68. The Balaban J connectivity index is 0.00000220. The van der Waals surface area contributed by atoms with E-state index in [1.54, 1.807) is 35.1 Å². The number of ether oxygens (including phenoxy) is 1. The molecular weight excluding hydrogens is 346 g/mol. The molecule has 0 aliphatic heterocycles. The highest BCUT2D eigenvalue weighted by molar-refractivity contribution is 5.85. The number of pyridine rings is 1. The first-order valence-corrected chi connectivity index (χ1v) is 5.76. The zero-order chi connectivity index (χ0) is 14.8. The van der Waals surface area contributed by atoms with Crippen LogP contribution in [0.2, 0.25) is 0 Å². The summed E-state index contributed by atoms with van der Waals surface area (Å²) in [5, 5.41) is 0. The van der Waals surface area contributed by atoms with Gasteiger partial charge in [-0.05, 0) is 18.1 Å². The molecule has 0 aromatic carbocycles. The van der Waals surface area contributed by atoms with Crippen LogP contribution in [0.15, 0.2) is 30.7 Å². The minimum absolute atomic E-state index is 0. The van der Waals surface area contributed by atoms with Crippen LogP contribution in [0.1, 0.15) is 5.56 Å². The molecule has 0 radical (unpaired) electrons. The molecule has 0 bridgehead atoms. The van der Waals surface area contributed by atoms with E-state index in [1.807, 2.05) is 0 Å². The van der Waals surface area contributed by atoms with Gasteiger partial charge in [-0.3, -0.25) is 4.79 Å². The van der Waals surface area contributed by atoms with Gasteiger partial charge in [0.1, 0.15) is 11.7 Å². The first kappa shape index (κ1) is 20.5. The van der Waals surface area contributed by atoms with E-state index in [4.69, 9.17) is 5.73 Å². The maximum absolute atomic E-state index is 11.9. The van der Waals surface area contributed by atoms with Crippen LogP contribution in [0.3, 0.4) is 0 Å². The fourth-order valence-corrected chi connectivity index (χ4v) is 1.68. The van der Waals surface area contributed by atoms with Crippen molar-refractivity contribution in [1.82, 2.24) is 9.38 Å². The molecule has 0 fully saturated rings. The first-order valence-electron chi connectivity index (χ1n) is 5.76. The maximum Gasteiger partial charge on any atom is 0.422 e. The predicted octanol–water partition coefficient (Wildman–Crippen LogP) is 2.15. The van der Waals surface area contributed by atoms with Gasteiger partial charge in [0.25, 0.3) is 0 Å². The lowest BCUT2D eigenvalue weighted by atomic mass is 10.1. The Morgan fingerprint density at radius 1 is 1.36 bits per heavy atom. The Labute approximate surface area is 136 Å². The number of imidazole rings is 1. The molecule has 0 unspecified atom stereocenters. The molecule has 1 atom stereocenters. The number of alkyl halides is 3. The van der Waals surface area contributed by atoms with Crippen LogP contribution in [0.4, 0.5) is 13.2 Å². The number of nitrogens with zero attached hydrogens (tertiary/aromatic N) is 2. The van der Waals surface area contributed by atoms with E-state index < -0.39 is 24.8 Å². The third-order valence-corrected chi connectivity index (χ3v) is 2.59. The minimum Gasteiger partial charge on any atom is -0.455 e. The molecule has 0 spiro atoms. The monoisotopic (exact) mass is 359 g/mol. The Morgan fingerprint density at radius 2 is 2.05 bits per heavy atom. The highest BCUT2D eigenvalue weighted by Crippen LogP contribution is 2.15. The van der Waals surface area contributed by atoms with E-state index >= 15 is 0 Å². The van der Waals surface area contributed by atoms with Crippen LogP contribution in [0, 0.1) is 0 Å². The molecule has 5 nitrogen and oxygen atoms in total. The van der Waals surface area contributed by atoms with E-state index in [2.05, 4.69) is 9.72 Å². The molecule has 2 rings (SSSR count). The molecule has 0 saturated heterocycles. The van der Waals surface area contributed by atoms with Crippen molar-refractivity contribution in [3.05, 3.63) is 36.3 Å². The Hall–Kier alpha value is -1.51. The van der Waals surface area contributed by atoms with E-state index in [9.17, 15) is 18.0 Å². The van der Waals surface area contributed by atoms with Crippen molar-refractivity contribution in [3.8, 4) is 0 Å². The van der Waals surface area contributed by atoms with Gasteiger partial charge < -0.3 is 14.9 Å². The predicted molar refractivity (Wildman–Crippen MR) is 78.4 cm³/mol. The van der Waals surface area contributed by atoms with Crippen molar-refractivity contribution in [1.29, 1.82) is 0 Å². The molecule has 2 aromatic rings. The van der Waals surface area contributed by atoms with E-state index in [0.29, 0.717) is 5.56 Å². The van der Waals surface area contributed by atoms with E-state index in [-0.39, 0.29) is 31.2 Å². The van der Waals surface area contributed by atoms with Gasteiger partial charge in [0.15, 0.2) is 6.61 Å². The Bertz CT molecular complexity index is 619. The van der Waals surface area contributed by atoms with Crippen molar-refractivity contribution in [2.45, 2.75) is 18.6 Å². The number of hydrogen-bond acceptors (Lipinski definition) is 4. The number of esters is 1. The van der Waals surface area contributed by atoms with Gasteiger partial charge in [-0.2, -0.15) is 13.2 Å². The summed E-state index contributed by atoms with van der Waals surface area (Å²) >= 11 is 0. The quantitative estimate of drug-likeness (QED) is 0.849. The summed E-state index contributed by atoms with van der Waals surface area (Å²) in [5.41, 5.74) is 6.96. The molecule has 2 heterocycles. The lowest BCUT2D eigenvalue weighted by molar-refractivity contribution is -0.187. The van der Waals surface area contributed by atoms with E-state index in [1.165, 1.54) is 0 Å². The highest BCUT2D eigenvalue weighted by Gasteiger charge is 2.30. The standard InChI is InChI=1S/C12H12F3N3O2.2ClH/c13-12(14,15)7-20-11(19)9(16)5-8-1-2-10-17-3-4-18(10)6-8;;/h1-4,6,9H,5,7,16H2;2*1H/t9-;;/m0../s1. The number of carbonyl (C=O) groups is 1. The number of nitrogens with two attached hydrogens (primary N) is 1. The molecule has 22 heavy (non-hydrogen) atoms. The van der Waals surface area contributed by atoms with Crippen LogP contribution >= 0.6 is 24.8 Å². The molecule has 0 saturated carbocycles. The van der Waals surface area contributed by atoms with Gasteiger partial charge >= 0.3 is 12.1 Å². The number of aromatic nitrogens is 2. The highest BCUT2D eigenvalue weighted by atomic mass is 35.5. The van der Waals surface area contributed by atoms with Gasteiger partial charge in [-0.1, -0.05) is 6.07 Å². The van der Waals surface area contributed by atoms with Crippen molar-refractivity contribution in [2.75, 3.05) is 6.61 Å². The second kappa shape index (κ2) is 8.21. The molecule has 2 N–H and O–H groups in total. The Kier molecular flexibility index (Phi) is 7.65. The van der Waals surface area contributed by atoms with Crippen LogP contribution in [-0.4, -0.2) is 34.2 Å². The number of hydrogen-bond donors (Lipinski definition) is 1. The number of halogens is 5. The lowest BCUT2D eigenvalue weighted by Gasteiger charge is -2.13. The summed E-state index contributed by atoms with van der Waals surface area (Å²) in [6.45, 7) is -1.62. The van der Waals surface area contributed by atoms with Crippen LogP contribution < -0.4 is 5.73 Å². The number of fused-ring (bicyclic) bond motifs is 1. The molecule has 124 valence electrons. The third-order valence-electron chi connectivity index (χ3n) is 2.59. The summed E-state index contributed by atoms with van der Waals surface area (Å²) in [5.74, 6) is -1.08. The second-order valence-corrected chi connectivity index (χ2v) is 4.26. The van der Waals surface area contributed by atoms with Gasteiger partial charge in [0.2, 0.25) is 0 Å². The van der Waals surface area contributed by atoms with Gasteiger partial charge in [-0.15, -0.1) is 24.8 Å². The van der Waals surface area contributed by atoms with Crippen molar-refractivity contribution in [2.24, 2.45) is 5.73 Å². The molecule has 2 aromatic heterocycles. The first-order chi connectivity index (χ1) is 9.35. The van der Waals surface area contributed by atoms with Gasteiger partial charge in [-0.25, -0.2) is 4.98 Å². The topological polar surface area (TPSA) is 69.6 Å². The average Bonchev–Trinajstić information content (AvgIpc) is 2.82. The molecule has 0 aliphatic carbocycles. The SMILES string of the molecule is Cl.Cl.N[C@@H](Cc1ccc2nccn2c1)C(=O)OCC(F)(F)F. The molecule has 0 aliphatic rings. The van der Waals surface area contributed by atoms with E-state index in [0.717, 1.165) is 5.65 Å².